The van der Waals surface area contributed by atoms with Crippen molar-refractivity contribution < 1.29 is 13.2 Å². The molecule has 0 bridgehead atoms. The number of carbonyl (C=O) groups excluding carboxylic acids is 1. The minimum atomic E-state index is -3.42. The summed E-state index contributed by atoms with van der Waals surface area (Å²) in [5.41, 5.74) is 7.00. The molecule has 1 aromatic carbocycles. The maximum absolute atomic E-state index is 12.0. The standard InChI is InChI=1S/C14H22N2O3S/c1-10(2)11(3)20(18,19)9-14(17)16-13-6-4-12(8-15)5-7-13/h4-7,10-11H,8-9,15H2,1-3H3,(H,16,17). The second-order valence-electron chi connectivity index (χ2n) is 5.21. The Bertz CT molecular complexity index is 550. The SMILES string of the molecule is CC(C)C(C)S(=O)(=O)CC(=O)Nc1ccc(CN)cc1. The predicted octanol–water partition coefficient (Wildman–Crippen LogP) is 1.54. The van der Waals surface area contributed by atoms with E-state index in [0.717, 1.165) is 5.56 Å². The van der Waals surface area contributed by atoms with Crippen LogP contribution in [0.3, 0.4) is 0 Å². The topological polar surface area (TPSA) is 89.3 Å². The van der Waals surface area contributed by atoms with Crippen molar-refractivity contribution in [2.75, 3.05) is 11.1 Å². The first-order valence-corrected chi connectivity index (χ1v) is 8.28. The van der Waals surface area contributed by atoms with E-state index in [1.54, 1.807) is 31.2 Å². The van der Waals surface area contributed by atoms with E-state index in [-0.39, 0.29) is 5.92 Å². The zero-order valence-corrected chi connectivity index (χ0v) is 12.9. The monoisotopic (exact) mass is 298 g/mol. The predicted molar refractivity (Wildman–Crippen MR) is 81.0 cm³/mol. The average molecular weight is 298 g/mol. The molecule has 6 heteroatoms. The number of nitrogens with two attached hydrogens (primary N) is 1. The quantitative estimate of drug-likeness (QED) is 0.833. The van der Waals surface area contributed by atoms with Crippen molar-refractivity contribution in [2.45, 2.75) is 32.6 Å². The number of benzene rings is 1. The van der Waals surface area contributed by atoms with Crippen molar-refractivity contribution in [2.24, 2.45) is 11.7 Å². The lowest BCUT2D eigenvalue weighted by atomic mass is 10.2. The molecular formula is C14H22N2O3S. The third kappa shape index (κ3) is 4.61. The van der Waals surface area contributed by atoms with Crippen LogP contribution >= 0.6 is 0 Å². The smallest absolute Gasteiger partial charge is 0.239 e. The maximum Gasteiger partial charge on any atom is 0.239 e. The number of rotatable bonds is 6. The van der Waals surface area contributed by atoms with Gasteiger partial charge in [-0.2, -0.15) is 0 Å². The molecule has 0 aliphatic heterocycles. The molecule has 0 saturated heterocycles. The highest BCUT2D eigenvalue weighted by molar-refractivity contribution is 7.92. The number of nitrogens with one attached hydrogen (secondary N) is 1. The van der Waals surface area contributed by atoms with Crippen molar-refractivity contribution in [3.63, 3.8) is 0 Å². The molecule has 0 aliphatic carbocycles. The number of sulfone groups is 1. The van der Waals surface area contributed by atoms with Crippen LogP contribution in [0.5, 0.6) is 0 Å². The summed E-state index contributed by atoms with van der Waals surface area (Å²) in [6, 6.07) is 7.00. The summed E-state index contributed by atoms with van der Waals surface area (Å²) in [5, 5.41) is 2.05. The fourth-order valence-corrected chi connectivity index (χ4v) is 3.18. The van der Waals surface area contributed by atoms with E-state index in [4.69, 9.17) is 5.73 Å². The molecule has 0 aliphatic rings. The second-order valence-corrected chi connectivity index (χ2v) is 7.56. The number of anilines is 1. The van der Waals surface area contributed by atoms with Gasteiger partial charge < -0.3 is 11.1 Å². The van der Waals surface area contributed by atoms with Crippen LogP contribution in [-0.2, 0) is 21.2 Å². The zero-order valence-electron chi connectivity index (χ0n) is 12.1. The molecule has 1 rings (SSSR count). The van der Waals surface area contributed by atoms with Crippen LogP contribution in [0.4, 0.5) is 5.69 Å². The van der Waals surface area contributed by atoms with Crippen molar-refractivity contribution in [1.29, 1.82) is 0 Å². The van der Waals surface area contributed by atoms with E-state index in [1.165, 1.54) is 0 Å². The van der Waals surface area contributed by atoms with Crippen LogP contribution in [0.2, 0.25) is 0 Å². The summed E-state index contributed by atoms with van der Waals surface area (Å²) in [6.45, 7) is 5.70. The highest BCUT2D eigenvalue weighted by Crippen LogP contribution is 2.14. The van der Waals surface area contributed by atoms with Gasteiger partial charge in [0.15, 0.2) is 9.84 Å². The van der Waals surface area contributed by atoms with E-state index in [1.807, 2.05) is 13.8 Å². The Hall–Kier alpha value is -1.40. The number of amides is 1. The first kappa shape index (κ1) is 16.7. The van der Waals surface area contributed by atoms with Gasteiger partial charge >= 0.3 is 0 Å². The van der Waals surface area contributed by atoms with Gasteiger partial charge in [0.2, 0.25) is 5.91 Å². The van der Waals surface area contributed by atoms with Gasteiger partial charge in [0.1, 0.15) is 5.75 Å². The number of hydrogen-bond donors (Lipinski definition) is 2. The van der Waals surface area contributed by atoms with Gasteiger partial charge in [0.25, 0.3) is 0 Å². The molecule has 1 atom stereocenters. The van der Waals surface area contributed by atoms with Crippen molar-refractivity contribution >= 4 is 21.4 Å². The van der Waals surface area contributed by atoms with Crippen LogP contribution in [0, 0.1) is 5.92 Å². The zero-order chi connectivity index (χ0) is 15.3. The molecule has 1 aromatic rings. The van der Waals surface area contributed by atoms with E-state index in [2.05, 4.69) is 5.32 Å². The molecule has 0 aromatic heterocycles. The maximum atomic E-state index is 12.0. The van der Waals surface area contributed by atoms with Crippen LogP contribution in [0.15, 0.2) is 24.3 Å². The highest BCUT2D eigenvalue weighted by atomic mass is 32.2. The Morgan fingerprint density at radius 3 is 2.20 bits per heavy atom. The molecule has 1 amide bonds. The third-order valence-electron chi connectivity index (χ3n) is 3.31. The Balaban J connectivity index is 2.67. The van der Waals surface area contributed by atoms with Crippen LogP contribution in [0.1, 0.15) is 26.3 Å². The van der Waals surface area contributed by atoms with Crippen LogP contribution in [-0.4, -0.2) is 25.3 Å². The van der Waals surface area contributed by atoms with Crippen LogP contribution < -0.4 is 11.1 Å². The molecule has 0 heterocycles. The van der Waals surface area contributed by atoms with Gasteiger partial charge in [-0.25, -0.2) is 8.42 Å². The van der Waals surface area contributed by atoms with Gasteiger partial charge in [-0.1, -0.05) is 26.0 Å². The Morgan fingerprint density at radius 2 is 1.75 bits per heavy atom. The molecule has 0 saturated carbocycles. The summed E-state index contributed by atoms with van der Waals surface area (Å²) in [5.74, 6) is -1.03. The lowest BCUT2D eigenvalue weighted by Crippen LogP contribution is -2.32. The normalized spacial score (nSPS) is 13.2. The van der Waals surface area contributed by atoms with Gasteiger partial charge in [-0.15, -0.1) is 0 Å². The molecule has 0 spiro atoms. The largest absolute Gasteiger partial charge is 0.326 e. The molecule has 5 nitrogen and oxygen atoms in total. The van der Waals surface area contributed by atoms with Gasteiger partial charge in [0.05, 0.1) is 5.25 Å². The molecular weight excluding hydrogens is 276 g/mol. The molecule has 3 N–H and O–H groups in total. The summed E-state index contributed by atoms with van der Waals surface area (Å²) >= 11 is 0. The second kappa shape index (κ2) is 6.85. The minimum Gasteiger partial charge on any atom is -0.326 e. The molecule has 1 unspecified atom stereocenters. The van der Waals surface area contributed by atoms with Crippen LogP contribution in [0.25, 0.3) is 0 Å². The van der Waals surface area contributed by atoms with E-state index < -0.39 is 26.7 Å². The van der Waals surface area contributed by atoms with Crippen molar-refractivity contribution in [3.8, 4) is 0 Å². The number of hydrogen-bond acceptors (Lipinski definition) is 4. The van der Waals surface area contributed by atoms with Crippen molar-refractivity contribution in [3.05, 3.63) is 29.8 Å². The van der Waals surface area contributed by atoms with Gasteiger partial charge in [-0.3, -0.25) is 4.79 Å². The first-order chi connectivity index (χ1) is 9.26. The fraction of sp³-hybridized carbons (Fsp3) is 0.500. The average Bonchev–Trinajstić information content (AvgIpc) is 2.37. The van der Waals surface area contributed by atoms with Gasteiger partial charge in [0, 0.05) is 12.2 Å². The summed E-state index contributed by atoms with van der Waals surface area (Å²) < 4.78 is 24.0. The van der Waals surface area contributed by atoms with Crippen molar-refractivity contribution in [1.82, 2.24) is 0 Å². The Labute approximate surface area is 120 Å². The highest BCUT2D eigenvalue weighted by Gasteiger charge is 2.26. The molecule has 20 heavy (non-hydrogen) atoms. The minimum absolute atomic E-state index is 0.0170. The summed E-state index contributed by atoms with van der Waals surface area (Å²) in [6.07, 6.45) is 0. The third-order valence-corrected chi connectivity index (χ3v) is 5.65. The number of carbonyl (C=O) groups is 1. The summed E-state index contributed by atoms with van der Waals surface area (Å²) in [4.78, 5) is 11.8. The first-order valence-electron chi connectivity index (χ1n) is 6.56. The van der Waals surface area contributed by atoms with E-state index >= 15 is 0 Å². The van der Waals surface area contributed by atoms with Gasteiger partial charge in [-0.05, 0) is 30.5 Å². The Morgan fingerprint density at radius 1 is 1.20 bits per heavy atom. The fourth-order valence-electron chi connectivity index (χ4n) is 1.65. The lowest BCUT2D eigenvalue weighted by molar-refractivity contribution is -0.113. The van der Waals surface area contributed by atoms with E-state index in [9.17, 15) is 13.2 Å². The molecule has 112 valence electrons. The summed E-state index contributed by atoms with van der Waals surface area (Å²) in [7, 11) is -3.42. The Kier molecular flexibility index (Phi) is 5.71. The molecule has 0 radical (unpaired) electrons. The molecule has 0 fully saturated rings. The van der Waals surface area contributed by atoms with E-state index in [0.29, 0.717) is 12.2 Å². The lowest BCUT2D eigenvalue weighted by Gasteiger charge is -2.16.